The summed E-state index contributed by atoms with van der Waals surface area (Å²) in [6, 6.07) is 20.2. The van der Waals surface area contributed by atoms with Crippen LogP contribution in [0.25, 0.3) is 0 Å². The number of nitro groups is 1. The van der Waals surface area contributed by atoms with Crippen molar-refractivity contribution >= 4 is 33.0 Å². The normalized spacial score (nSPS) is 11.0. The molecular weight excluding hydrogens is 446 g/mol. The minimum atomic E-state index is -3.78. The third kappa shape index (κ3) is 6.30. The zero-order valence-electron chi connectivity index (χ0n) is 18.1. The number of amides is 1. The number of carbonyl (C=O) groups is 1. The number of anilines is 2. The second-order valence-corrected chi connectivity index (χ2v) is 9.20. The third-order valence-corrected chi connectivity index (χ3v) is 5.98. The summed E-state index contributed by atoms with van der Waals surface area (Å²) in [4.78, 5) is 23.1. The van der Waals surface area contributed by atoms with E-state index in [2.05, 4.69) is 5.32 Å². The van der Waals surface area contributed by atoms with Gasteiger partial charge in [-0.1, -0.05) is 36.4 Å². The minimum absolute atomic E-state index is 0.140. The molecule has 0 saturated heterocycles. The Balaban J connectivity index is 1.72. The molecule has 172 valence electrons. The van der Waals surface area contributed by atoms with Gasteiger partial charge in [-0.2, -0.15) is 0 Å². The van der Waals surface area contributed by atoms with Crippen molar-refractivity contribution < 1.29 is 22.9 Å². The molecule has 10 heteroatoms. The van der Waals surface area contributed by atoms with Crippen molar-refractivity contribution in [2.75, 3.05) is 22.4 Å². The number of nitrogens with zero attached hydrogens (tertiary/aromatic N) is 2. The van der Waals surface area contributed by atoms with Crippen molar-refractivity contribution in [2.45, 2.75) is 13.5 Å². The molecule has 0 saturated carbocycles. The van der Waals surface area contributed by atoms with E-state index in [9.17, 15) is 23.3 Å². The number of hydrogen-bond acceptors (Lipinski definition) is 6. The maximum Gasteiger partial charge on any atom is 0.274 e. The highest BCUT2D eigenvalue weighted by atomic mass is 32.2. The first kappa shape index (κ1) is 23.7. The van der Waals surface area contributed by atoms with Gasteiger partial charge in [-0.3, -0.25) is 19.2 Å². The Kier molecular flexibility index (Phi) is 7.29. The number of hydrogen-bond donors (Lipinski definition) is 1. The average Bonchev–Trinajstić information content (AvgIpc) is 2.78. The van der Waals surface area contributed by atoms with Crippen LogP contribution in [-0.2, 0) is 21.4 Å². The largest absolute Gasteiger partial charge is 0.489 e. The first-order valence-corrected chi connectivity index (χ1v) is 11.8. The third-order valence-electron chi connectivity index (χ3n) is 4.84. The molecule has 0 bridgehead atoms. The molecule has 9 nitrogen and oxygen atoms in total. The summed E-state index contributed by atoms with van der Waals surface area (Å²) in [6.07, 6.45) is 0.999. The van der Waals surface area contributed by atoms with Gasteiger partial charge in [-0.05, 0) is 42.8 Å². The molecular formula is C23H23N3O6S. The highest BCUT2D eigenvalue weighted by Gasteiger charge is 2.22. The van der Waals surface area contributed by atoms with Crippen LogP contribution in [-0.4, -0.2) is 32.0 Å². The first-order valence-electron chi connectivity index (χ1n) is 9.93. The van der Waals surface area contributed by atoms with E-state index in [0.29, 0.717) is 12.4 Å². The molecule has 1 amide bonds. The van der Waals surface area contributed by atoms with Gasteiger partial charge in [-0.15, -0.1) is 0 Å². The number of nitro benzene ring substituents is 1. The minimum Gasteiger partial charge on any atom is -0.489 e. The van der Waals surface area contributed by atoms with Crippen LogP contribution in [0.2, 0.25) is 0 Å². The number of rotatable bonds is 9. The summed E-state index contributed by atoms with van der Waals surface area (Å²) in [6.45, 7) is 1.38. The van der Waals surface area contributed by atoms with Gasteiger partial charge in [-0.25, -0.2) is 8.42 Å². The summed E-state index contributed by atoms with van der Waals surface area (Å²) < 4.78 is 31.4. The summed E-state index contributed by atoms with van der Waals surface area (Å²) in [5, 5.41) is 13.7. The van der Waals surface area contributed by atoms with Crippen molar-refractivity contribution in [2.24, 2.45) is 0 Å². The lowest BCUT2D eigenvalue weighted by Gasteiger charge is -2.22. The Morgan fingerprint density at radius 3 is 2.30 bits per heavy atom. The van der Waals surface area contributed by atoms with Crippen LogP contribution in [0.3, 0.4) is 0 Å². The molecule has 3 aromatic carbocycles. The fraction of sp³-hybridized carbons (Fsp3) is 0.174. The molecule has 3 rings (SSSR count). The Labute approximate surface area is 191 Å². The van der Waals surface area contributed by atoms with Crippen LogP contribution in [0.5, 0.6) is 5.75 Å². The molecule has 0 aliphatic carbocycles. The lowest BCUT2D eigenvalue weighted by Crippen LogP contribution is -2.37. The number of carbonyl (C=O) groups excluding carboxylic acids is 1. The predicted molar refractivity (Wildman–Crippen MR) is 126 cm³/mol. The van der Waals surface area contributed by atoms with Gasteiger partial charge in [0.2, 0.25) is 15.9 Å². The summed E-state index contributed by atoms with van der Waals surface area (Å²) >= 11 is 0. The number of sulfonamides is 1. The van der Waals surface area contributed by atoms with Crippen LogP contribution in [0, 0.1) is 17.0 Å². The van der Waals surface area contributed by atoms with Crippen LogP contribution >= 0.6 is 0 Å². The molecule has 0 spiro atoms. The zero-order valence-corrected chi connectivity index (χ0v) is 18.9. The van der Waals surface area contributed by atoms with Crippen molar-refractivity contribution in [3.8, 4) is 5.75 Å². The number of nitrogens with one attached hydrogen (secondary N) is 1. The molecule has 33 heavy (non-hydrogen) atoms. The van der Waals surface area contributed by atoms with E-state index in [1.807, 2.05) is 30.3 Å². The van der Waals surface area contributed by atoms with Gasteiger partial charge in [0.15, 0.2) is 0 Å². The Morgan fingerprint density at radius 2 is 1.70 bits per heavy atom. The van der Waals surface area contributed by atoms with E-state index in [1.54, 1.807) is 24.3 Å². The lowest BCUT2D eigenvalue weighted by molar-refractivity contribution is -0.385. The molecule has 0 heterocycles. The van der Waals surface area contributed by atoms with Gasteiger partial charge in [0.05, 0.1) is 28.1 Å². The van der Waals surface area contributed by atoms with Crippen molar-refractivity contribution in [3.05, 3.63) is 94.0 Å². The van der Waals surface area contributed by atoms with Gasteiger partial charge in [0.25, 0.3) is 5.69 Å². The number of benzene rings is 3. The van der Waals surface area contributed by atoms with Crippen LogP contribution < -0.4 is 14.4 Å². The zero-order chi connectivity index (χ0) is 24.0. The maximum atomic E-state index is 12.6. The van der Waals surface area contributed by atoms with Crippen molar-refractivity contribution in [3.63, 3.8) is 0 Å². The molecule has 0 aliphatic rings. The predicted octanol–water partition coefficient (Wildman–Crippen LogP) is 3.89. The smallest absolute Gasteiger partial charge is 0.274 e. The quantitative estimate of drug-likeness (QED) is 0.375. The highest BCUT2D eigenvalue weighted by Crippen LogP contribution is 2.26. The van der Waals surface area contributed by atoms with E-state index >= 15 is 0 Å². The topological polar surface area (TPSA) is 119 Å². The van der Waals surface area contributed by atoms with Gasteiger partial charge < -0.3 is 10.1 Å². The maximum absolute atomic E-state index is 12.6. The van der Waals surface area contributed by atoms with E-state index in [-0.39, 0.29) is 22.6 Å². The van der Waals surface area contributed by atoms with E-state index in [0.717, 1.165) is 16.1 Å². The fourth-order valence-corrected chi connectivity index (χ4v) is 3.98. The summed E-state index contributed by atoms with van der Waals surface area (Å²) in [7, 11) is -3.78. The average molecular weight is 470 g/mol. The van der Waals surface area contributed by atoms with Crippen LogP contribution in [0.1, 0.15) is 11.1 Å². The second kappa shape index (κ2) is 10.1. The van der Waals surface area contributed by atoms with Crippen LogP contribution in [0.4, 0.5) is 17.1 Å². The van der Waals surface area contributed by atoms with E-state index in [4.69, 9.17) is 4.74 Å². The standard InChI is InChI=1S/C23H23N3O6S/c1-17-21(9-6-10-22(17)26(28)29)24-23(27)15-25(33(2,30)31)19-11-13-20(14-12-19)32-16-18-7-4-3-5-8-18/h3-14H,15-16H2,1-2H3,(H,24,27). The SMILES string of the molecule is Cc1c(NC(=O)CN(c2ccc(OCc3ccccc3)cc2)S(C)(=O)=O)cccc1[N+](=O)[O-]. The molecule has 3 aromatic rings. The van der Waals surface area contributed by atoms with Crippen molar-refractivity contribution in [1.29, 1.82) is 0 Å². The molecule has 1 N–H and O–H groups in total. The fourth-order valence-electron chi connectivity index (χ4n) is 3.13. The first-order chi connectivity index (χ1) is 15.6. The summed E-state index contributed by atoms with van der Waals surface area (Å²) in [5.74, 6) is -0.0823. The second-order valence-electron chi connectivity index (χ2n) is 7.29. The van der Waals surface area contributed by atoms with Crippen molar-refractivity contribution in [1.82, 2.24) is 0 Å². The molecule has 0 fully saturated rings. The molecule has 0 unspecified atom stereocenters. The Bertz CT molecular complexity index is 1240. The van der Waals surface area contributed by atoms with E-state index < -0.39 is 27.4 Å². The van der Waals surface area contributed by atoms with Gasteiger partial charge in [0, 0.05) is 6.07 Å². The number of ether oxygens (including phenoxy) is 1. The van der Waals surface area contributed by atoms with Gasteiger partial charge >= 0.3 is 0 Å². The Hall–Kier alpha value is -3.92. The summed E-state index contributed by atoms with van der Waals surface area (Å²) in [5.41, 5.74) is 1.66. The van der Waals surface area contributed by atoms with E-state index in [1.165, 1.54) is 25.1 Å². The molecule has 0 radical (unpaired) electrons. The highest BCUT2D eigenvalue weighted by molar-refractivity contribution is 7.92. The monoisotopic (exact) mass is 469 g/mol. The Morgan fingerprint density at radius 1 is 1.03 bits per heavy atom. The molecule has 0 atom stereocenters. The molecule has 0 aromatic heterocycles. The van der Waals surface area contributed by atoms with Gasteiger partial charge in [0.1, 0.15) is 18.9 Å². The molecule has 0 aliphatic heterocycles. The lowest BCUT2D eigenvalue weighted by atomic mass is 10.1. The van der Waals surface area contributed by atoms with Crippen LogP contribution in [0.15, 0.2) is 72.8 Å².